The van der Waals surface area contributed by atoms with Crippen molar-refractivity contribution in [3.8, 4) is 0 Å². The Morgan fingerprint density at radius 2 is 1.69 bits per heavy atom. The third-order valence-electron chi connectivity index (χ3n) is 5.13. The van der Waals surface area contributed by atoms with Crippen LogP contribution in [-0.4, -0.2) is 33.4 Å². The third kappa shape index (κ3) is 4.50. The summed E-state index contributed by atoms with van der Waals surface area (Å²) in [7, 11) is 0. The van der Waals surface area contributed by atoms with Gasteiger partial charge in [0.05, 0.1) is 12.1 Å². The number of benzene rings is 2. The number of alkyl halides is 3. The van der Waals surface area contributed by atoms with Crippen LogP contribution in [0.15, 0.2) is 54.7 Å². The van der Waals surface area contributed by atoms with E-state index < -0.39 is 30.2 Å². The molecule has 2 N–H and O–H groups in total. The molecule has 0 aliphatic heterocycles. The van der Waals surface area contributed by atoms with Gasteiger partial charge in [-0.15, -0.1) is 0 Å². The molecule has 1 unspecified atom stereocenters. The lowest BCUT2D eigenvalue weighted by Crippen LogP contribution is -2.53. The minimum absolute atomic E-state index is 0.447. The summed E-state index contributed by atoms with van der Waals surface area (Å²) in [5.41, 5.74) is -1.99. The first kappa shape index (κ1) is 21.0. The van der Waals surface area contributed by atoms with E-state index in [4.69, 9.17) is 0 Å². The minimum atomic E-state index is -4.80. The maximum Gasteiger partial charge on any atom is 0.418 e. The highest BCUT2D eigenvalue weighted by Gasteiger charge is 2.55. The van der Waals surface area contributed by atoms with Crippen molar-refractivity contribution in [1.82, 2.24) is 9.97 Å². The standard InChI is InChI=1S/C22H24F3N3O/c1-15-26-12-17-18(10-7-11-19(17)28-15)27-14-21(29,22(23,24)25)13-20(2,3)16-8-5-4-6-9-16/h4-12,27,29H,13-14H2,1-3H3. The summed E-state index contributed by atoms with van der Waals surface area (Å²) in [5.74, 6) is 0.575. The van der Waals surface area contributed by atoms with Crippen LogP contribution in [0, 0.1) is 6.92 Å². The molecule has 0 saturated heterocycles. The maximum absolute atomic E-state index is 13.9. The number of hydrogen-bond acceptors (Lipinski definition) is 4. The van der Waals surface area contributed by atoms with Crippen molar-refractivity contribution >= 4 is 16.6 Å². The maximum atomic E-state index is 13.9. The summed E-state index contributed by atoms with van der Waals surface area (Å²) in [6.45, 7) is 4.47. The number of fused-ring (bicyclic) bond motifs is 1. The van der Waals surface area contributed by atoms with Crippen molar-refractivity contribution in [2.24, 2.45) is 0 Å². The molecule has 0 saturated carbocycles. The van der Waals surface area contributed by atoms with Gasteiger partial charge in [0.1, 0.15) is 5.82 Å². The molecule has 0 aliphatic carbocycles. The van der Waals surface area contributed by atoms with Gasteiger partial charge in [-0.2, -0.15) is 13.2 Å². The Labute approximate surface area is 167 Å². The van der Waals surface area contributed by atoms with Crippen LogP contribution < -0.4 is 5.32 Å². The Bertz CT molecular complexity index is 990. The lowest BCUT2D eigenvalue weighted by molar-refractivity contribution is -0.260. The van der Waals surface area contributed by atoms with Crippen LogP contribution in [0.4, 0.5) is 18.9 Å². The van der Waals surface area contributed by atoms with Gasteiger partial charge in [0, 0.05) is 17.3 Å². The molecular formula is C22H24F3N3O. The summed E-state index contributed by atoms with van der Waals surface area (Å²) in [6.07, 6.45) is -3.72. The Balaban J connectivity index is 1.89. The Morgan fingerprint density at radius 3 is 2.34 bits per heavy atom. The van der Waals surface area contributed by atoms with Crippen molar-refractivity contribution in [3.05, 3.63) is 66.1 Å². The molecule has 1 atom stereocenters. The molecule has 0 bridgehead atoms. The van der Waals surface area contributed by atoms with Gasteiger partial charge in [-0.05, 0) is 36.5 Å². The number of rotatable bonds is 6. The second-order valence-corrected chi connectivity index (χ2v) is 7.97. The van der Waals surface area contributed by atoms with Gasteiger partial charge in [-0.1, -0.05) is 50.2 Å². The normalized spacial score (nSPS) is 14.6. The molecule has 0 aliphatic rings. The summed E-state index contributed by atoms with van der Waals surface area (Å²) in [4.78, 5) is 8.42. The first-order valence-corrected chi connectivity index (χ1v) is 9.33. The number of halogens is 3. The SMILES string of the molecule is Cc1ncc2c(NCC(O)(CC(C)(C)c3ccccc3)C(F)(F)F)cccc2n1. The highest BCUT2D eigenvalue weighted by atomic mass is 19.4. The van der Waals surface area contributed by atoms with E-state index in [1.807, 2.05) is 0 Å². The van der Waals surface area contributed by atoms with Gasteiger partial charge in [0.15, 0.2) is 5.60 Å². The van der Waals surface area contributed by atoms with Gasteiger partial charge in [-0.25, -0.2) is 9.97 Å². The van der Waals surface area contributed by atoms with Gasteiger partial charge < -0.3 is 10.4 Å². The molecule has 1 heterocycles. The molecule has 3 aromatic rings. The molecule has 0 fully saturated rings. The van der Waals surface area contributed by atoms with E-state index in [1.165, 1.54) is 0 Å². The van der Waals surface area contributed by atoms with E-state index in [0.29, 0.717) is 22.4 Å². The molecule has 2 aromatic carbocycles. The van der Waals surface area contributed by atoms with Crippen molar-refractivity contribution in [3.63, 3.8) is 0 Å². The Kier molecular flexibility index (Phi) is 5.54. The fourth-order valence-corrected chi connectivity index (χ4v) is 3.53. The molecule has 0 amide bonds. The molecule has 29 heavy (non-hydrogen) atoms. The van der Waals surface area contributed by atoms with Gasteiger partial charge in [0.25, 0.3) is 0 Å². The number of anilines is 1. The van der Waals surface area contributed by atoms with Crippen LogP contribution >= 0.6 is 0 Å². The zero-order chi connectivity index (χ0) is 21.3. The average Bonchev–Trinajstić information content (AvgIpc) is 2.65. The monoisotopic (exact) mass is 403 g/mol. The molecule has 7 heteroatoms. The van der Waals surface area contributed by atoms with E-state index in [-0.39, 0.29) is 0 Å². The second-order valence-electron chi connectivity index (χ2n) is 7.97. The second kappa shape index (κ2) is 7.63. The molecule has 0 radical (unpaired) electrons. The van der Waals surface area contributed by atoms with Crippen LogP contribution in [0.25, 0.3) is 10.9 Å². The van der Waals surface area contributed by atoms with Gasteiger partial charge >= 0.3 is 6.18 Å². The quantitative estimate of drug-likeness (QED) is 0.607. The van der Waals surface area contributed by atoms with Crippen LogP contribution in [0.2, 0.25) is 0 Å². The molecule has 1 aromatic heterocycles. The van der Waals surface area contributed by atoms with Gasteiger partial charge in [-0.3, -0.25) is 0 Å². The summed E-state index contributed by atoms with van der Waals surface area (Å²) >= 11 is 0. The van der Waals surface area contributed by atoms with E-state index in [9.17, 15) is 18.3 Å². The number of aryl methyl sites for hydroxylation is 1. The molecule has 154 valence electrons. The number of hydrogen-bond donors (Lipinski definition) is 2. The molecule has 4 nitrogen and oxygen atoms in total. The van der Waals surface area contributed by atoms with E-state index >= 15 is 0 Å². The van der Waals surface area contributed by atoms with Crippen LogP contribution in [0.5, 0.6) is 0 Å². The van der Waals surface area contributed by atoms with Crippen molar-refractivity contribution in [2.45, 2.75) is 44.4 Å². The number of nitrogens with zero attached hydrogens (tertiary/aromatic N) is 2. The number of nitrogens with one attached hydrogen (secondary N) is 1. The Morgan fingerprint density at radius 1 is 1.00 bits per heavy atom. The highest BCUT2D eigenvalue weighted by molar-refractivity contribution is 5.90. The third-order valence-corrected chi connectivity index (χ3v) is 5.13. The summed E-state index contributed by atoms with van der Waals surface area (Å²) in [5, 5.41) is 14.1. The Hall–Kier alpha value is -2.67. The molecule has 0 spiro atoms. The zero-order valence-corrected chi connectivity index (χ0v) is 16.6. The topological polar surface area (TPSA) is 58.0 Å². The fourth-order valence-electron chi connectivity index (χ4n) is 3.53. The van der Waals surface area contributed by atoms with Crippen molar-refractivity contribution in [2.75, 3.05) is 11.9 Å². The zero-order valence-electron chi connectivity index (χ0n) is 16.6. The summed E-state index contributed by atoms with van der Waals surface area (Å²) in [6, 6.07) is 14.0. The van der Waals surface area contributed by atoms with E-state index in [1.54, 1.807) is 75.5 Å². The highest BCUT2D eigenvalue weighted by Crippen LogP contribution is 2.41. The predicted molar refractivity (Wildman–Crippen MR) is 108 cm³/mol. The molecule has 3 rings (SSSR count). The summed E-state index contributed by atoms with van der Waals surface area (Å²) < 4.78 is 41.7. The average molecular weight is 403 g/mol. The van der Waals surface area contributed by atoms with Crippen LogP contribution in [0.3, 0.4) is 0 Å². The van der Waals surface area contributed by atoms with E-state index in [0.717, 1.165) is 5.56 Å². The van der Waals surface area contributed by atoms with Gasteiger partial charge in [0.2, 0.25) is 0 Å². The predicted octanol–water partition coefficient (Wildman–Crippen LogP) is 5.01. The van der Waals surface area contributed by atoms with Crippen LogP contribution in [0.1, 0.15) is 31.7 Å². The number of aliphatic hydroxyl groups is 1. The lowest BCUT2D eigenvalue weighted by Gasteiger charge is -2.38. The first-order valence-electron chi connectivity index (χ1n) is 9.33. The minimum Gasteiger partial charge on any atom is -0.381 e. The lowest BCUT2D eigenvalue weighted by atomic mass is 9.75. The molecular weight excluding hydrogens is 379 g/mol. The largest absolute Gasteiger partial charge is 0.418 e. The van der Waals surface area contributed by atoms with Crippen molar-refractivity contribution in [1.29, 1.82) is 0 Å². The van der Waals surface area contributed by atoms with Crippen molar-refractivity contribution < 1.29 is 18.3 Å². The first-order chi connectivity index (χ1) is 13.5. The fraction of sp³-hybridized carbons (Fsp3) is 0.364. The van der Waals surface area contributed by atoms with Crippen LogP contribution in [-0.2, 0) is 5.41 Å². The number of aromatic nitrogens is 2. The smallest absolute Gasteiger partial charge is 0.381 e. The van der Waals surface area contributed by atoms with E-state index in [2.05, 4.69) is 15.3 Å².